The standard InChI is InChI=1S/C3H5N5/c1-4-2-3(5-1)7-8-6-2/h1-2,6,8H,(H,4,5,7). The van der Waals surface area contributed by atoms with Gasteiger partial charge in [0.25, 0.3) is 0 Å². The van der Waals surface area contributed by atoms with Crippen molar-refractivity contribution < 1.29 is 0 Å². The Morgan fingerprint density at radius 1 is 1.62 bits per heavy atom. The lowest BCUT2D eigenvalue weighted by molar-refractivity contribution is 0.554. The maximum Gasteiger partial charge on any atom is 0.174 e. The lowest BCUT2D eigenvalue weighted by atomic mass is 10.5. The monoisotopic (exact) mass is 111 g/mol. The third kappa shape index (κ3) is 0.368. The van der Waals surface area contributed by atoms with E-state index < -0.39 is 0 Å². The van der Waals surface area contributed by atoms with E-state index >= 15 is 0 Å². The summed E-state index contributed by atoms with van der Waals surface area (Å²) in [5.41, 5.74) is 8.29. The van der Waals surface area contributed by atoms with Gasteiger partial charge in [-0.05, 0) is 0 Å². The third-order valence-corrected chi connectivity index (χ3v) is 1.07. The summed E-state index contributed by atoms with van der Waals surface area (Å²) in [5.74, 6) is 0.838. The molecule has 0 amide bonds. The van der Waals surface area contributed by atoms with Crippen LogP contribution < -0.4 is 16.4 Å². The second kappa shape index (κ2) is 1.27. The number of hydrazine groups is 2. The van der Waals surface area contributed by atoms with E-state index in [1.54, 1.807) is 0 Å². The van der Waals surface area contributed by atoms with Gasteiger partial charge >= 0.3 is 0 Å². The molecule has 5 nitrogen and oxygen atoms in total. The summed E-state index contributed by atoms with van der Waals surface area (Å²) in [4.78, 5) is 7.82. The first-order valence-corrected chi connectivity index (χ1v) is 2.33. The minimum Gasteiger partial charge on any atom is -0.293 e. The van der Waals surface area contributed by atoms with Crippen molar-refractivity contribution >= 4 is 12.2 Å². The van der Waals surface area contributed by atoms with E-state index in [4.69, 9.17) is 0 Å². The highest BCUT2D eigenvalue weighted by molar-refractivity contribution is 5.97. The Balaban J connectivity index is 2.29. The van der Waals surface area contributed by atoms with Gasteiger partial charge in [-0.2, -0.15) is 5.53 Å². The molecule has 0 aliphatic carbocycles. The Kier molecular flexibility index (Phi) is 0.633. The fraction of sp³-hybridized carbons (Fsp3) is 0.333. The largest absolute Gasteiger partial charge is 0.293 e. The molecule has 8 heavy (non-hydrogen) atoms. The van der Waals surface area contributed by atoms with Gasteiger partial charge in [-0.3, -0.25) is 5.43 Å². The van der Waals surface area contributed by atoms with Crippen molar-refractivity contribution in [1.29, 1.82) is 0 Å². The van der Waals surface area contributed by atoms with Crippen molar-refractivity contribution in [2.75, 3.05) is 0 Å². The van der Waals surface area contributed by atoms with Gasteiger partial charge in [0.2, 0.25) is 0 Å². The second-order valence-corrected chi connectivity index (χ2v) is 1.58. The van der Waals surface area contributed by atoms with E-state index in [0.29, 0.717) is 0 Å². The molecule has 1 unspecified atom stereocenters. The summed E-state index contributed by atoms with van der Waals surface area (Å²) in [6.45, 7) is 0. The summed E-state index contributed by atoms with van der Waals surface area (Å²) in [5, 5.41) is 0. The van der Waals surface area contributed by atoms with Crippen molar-refractivity contribution in [3.63, 3.8) is 0 Å². The molecule has 0 spiro atoms. The first-order valence-electron chi connectivity index (χ1n) is 2.33. The van der Waals surface area contributed by atoms with Crippen LogP contribution in [-0.2, 0) is 0 Å². The number of amidine groups is 1. The van der Waals surface area contributed by atoms with Crippen LogP contribution >= 0.6 is 0 Å². The molecule has 2 heterocycles. The zero-order valence-corrected chi connectivity index (χ0v) is 4.05. The van der Waals surface area contributed by atoms with Gasteiger partial charge < -0.3 is 0 Å². The predicted octanol–water partition coefficient (Wildman–Crippen LogP) is -1.63. The van der Waals surface area contributed by atoms with Crippen LogP contribution in [0, 0.1) is 0 Å². The lowest BCUT2D eigenvalue weighted by Gasteiger charge is -1.91. The Hall–Kier alpha value is -0.940. The molecule has 1 fully saturated rings. The Morgan fingerprint density at radius 2 is 2.62 bits per heavy atom. The van der Waals surface area contributed by atoms with Gasteiger partial charge in [0.15, 0.2) is 12.0 Å². The highest BCUT2D eigenvalue weighted by Gasteiger charge is 2.21. The van der Waals surface area contributed by atoms with Crippen LogP contribution in [-0.4, -0.2) is 18.3 Å². The van der Waals surface area contributed by atoms with Crippen molar-refractivity contribution in [2.24, 2.45) is 9.98 Å². The Labute approximate surface area is 45.8 Å². The molecule has 0 bridgehead atoms. The Bertz CT molecular complexity index is 159. The van der Waals surface area contributed by atoms with Crippen LogP contribution in [0.15, 0.2) is 9.98 Å². The molecule has 42 valence electrons. The van der Waals surface area contributed by atoms with Gasteiger partial charge in [0.1, 0.15) is 6.34 Å². The van der Waals surface area contributed by atoms with Gasteiger partial charge in [-0.15, -0.1) is 0 Å². The van der Waals surface area contributed by atoms with Gasteiger partial charge in [0.05, 0.1) is 0 Å². The van der Waals surface area contributed by atoms with E-state index in [0.717, 1.165) is 5.84 Å². The summed E-state index contributed by atoms with van der Waals surface area (Å²) in [6, 6.07) is 0. The predicted molar refractivity (Wildman–Crippen MR) is 29.1 cm³/mol. The molecule has 2 rings (SSSR count). The number of hydrogen-bond donors (Lipinski definition) is 3. The second-order valence-electron chi connectivity index (χ2n) is 1.58. The van der Waals surface area contributed by atoms with Crippen LogP contribution in [0.3, 0.4) is 0 Å². The molecule has 0 saturated carbocycles. The van der Waals surface area contributed by atoms with E-state index in [9.17, 15) is 0 Å². The first-order chi connectivity index (χ1) is 3.97. The maximum atomic E-state index is 3.93. The topological polar surface area (TPSA) is 60.8 Å². The number of nitrogens with zero attached hydrogens (tertiary/aromatic N) is 2. The maximum absolute atomic E-state index is 3.93. The van der Waals surface area contributed by atoms with Crippen LogP contribution in [0.5, 0.6) is 0 Å². The van der Waals surface area contributed by atoms with Gasteiger partial charge in [0, 0.05) is 0 Å². The zero-order valence-electron chi connectivity index (χ0n) is 4.05. The minimum absolute atomic E-state index is 0.0231. The summed E-state index contributed by atoms with van der Waals surface area (Å²) in [6.07, 6.45) is 1.55. The molecule has 2 aliphatic heterocycles. The SMILES string of the molecule is C1=NC2NNNC2=N1. The highest BCUT2D eigenvalue weighted by Crippen LogP contribution is 1.96. The van der Waals surface area contributed by atoms with Crippen molar-refractivity contribution in [2.45, 2.75) is 6.17 Å². The highest BCUT2D eigenvalue weighted by atomic mass is 15.7. The number of fused-ring (bicyclic) bond motifs is 1. The molecule has 0 aromatic carbocycles. The van der Waals surface area contributed by atoms with Crippen LogP contribution in [0.25, 0.3) is 0 Å². The Morgan fingerprint density at radius 3 is 3.50 bits per heavy atom. The summed E-state index contributed by atoms with van der Waals surface area (Å²) >= 11 is 0. The number of hydrogen-bond acceptors (Lipinski definition) is 5. The van der Waals surface area contributed by atoms with Crippen molar-refractivity contribution in [3.05, 3.63) is 0 Å². The minimum atomic E-state index is 0.0231. The van der Waals surface area contributed by atoms with E-state index in [-0.39, 0.29) is 6.17 Å². The molecule has 3 N–H and O–H groups in total. The quantitative estimate of drug-likeness (QED) is 0.351. The van der Waals surface area contributed by atoms with Gasteiger partial charge in [-0.1, -0.05) is 0 Å². The molecule has 1 saturated heterocycles. The molecule has 1 atom stereocenters. The third-order valence-electron chi connectivity index (χ3n) is 1.07. The van der Waals surface area contributed by atoms with Crippen LogP contribution in [0.2, 0.25) is 0 Å². The van der Waals surface area contributed by atoms with Crippen LogP contribution in [0.4, 0.5) is 0 Å². The van der Waals surface area contributed by atoms with E-state index in [1.807, 2.05) is 0 Å². The van der Waals surface area contributed by atoms with Gasteiger partial charge in [-0.25, -0.2) is 15.4 Å². The van der Waals surface area contributed by atoms with Crippen molar-refractivity contribution in [1.82, 2.24) is 16.4 Å². The molecule has 2 aliphatic rings. The average molecular weight is 111 g/mol. The fourth-order valence-electron chi connectivity index (χ4n) is 0.678. The molecular formula is C3H5N5. The van der Waals surface area contributed by atoms with Crippen LogP contribution in [0.1, 0.15) is 0 Å². The summed E-state index contributed by atoms with van der Waals surface area (Å²) in [7, 11) is 0. The number of rotatable bonds is 0. The summed E-state index contributed by atoms with van der Waals surface area (Å²) < 4.78 is 0. The first kappa shape index (κ1) is 3.99. The smallest absolute Gasteiger partial charge is 0.174 e. The fourth-order valence-corrected chi connectivity index (χ4v) is 0.678. The molecule has 0 radical (unpaired) electrons. The number of aliphatic imine (C=N–C) groups is 2. The molecule has 0 aromatic rings. The molecule has 5 heteroatoms. The number of nitrogens with one attached hydrogen (secondary N) is 3. The van der Waals surface area contributed by atoms with Crippen molar-refractivity contribution in [3.8, 4) is 0 Å². The average Bonchev–Trinajstić information content (AvgIpc) is 2.15. The lowest BCUT2D eigenvalue weighted by Crippen LogP contribution is -2.32. The normalized spacial score (nSPS) is 32.0. The molecular weight excluding hydrogens is 106 g/mol. The van der Waals surface area contributed by atoms with E-state index in [2.05, 4.69) is 26.4 Å². The zero-order chi connectivity index (χ0) is 5.40. The molecule has 0 aromatic heterocycles. The van der Waals surface area contributed by atoms with E-state index in [1.165, 1.54) is 6.34 Å².